The van der Waals surface area contributed by atoms with Gasteiger partial charge in [-0.2, -0.15) is 0 Å². The Morgan fingerprint density at radius 2 is 1.84 bits per heavy atom. The van der Waals surface area contributed by atoms with Crippen LogP contribution in [0.1, 0.15) is 11.8 Å². The van der Waals surface area contributed by atoms with E-state index >= 15 is 0 Å². The van der Waals surface area contributed by atoms with Crippen LogP contribution < -0.4 is 10.0 Å². The first-order chi connectivity index (χ1) is 11.8. The molecule has 0 unspecified atom stereocenters. The molecule has 5 nitrogen and oxygen atoms in total. The molecule has 3 aromatic rings. The fourth-order valence-electron chi connectivity index (χ4n) is 2.33. The summed E-state index contributed by atoms with van der Waals surface area (Å²) in [4.78, 5) is 11.9. The molecular formula is C17H15FN2O3S2. The lowest BCUT2D eigenvalue weighted by atomic mass is 10.2. The van der Waals surface area contributed by atoms with Gasteiger partial charge in [-0.3, -0.25) is 4.79 Å². The second kappa shape index (κ2) is 6.91. The van der Waals surface area contributed by atoms with Crippen molar-refractivity contribution in [3.63, 3.8) is 0 Å². The minimum Gasteiger partial charge on any atom is -0.326 e. The first-order valence-corrected chi connectivity index (χ1v) is 9.69. The van der Waals surface area contributed by atoms with Crippen LogP contribution in [0.15, 0.2) is 53.4 Å². The SMILES string of the molecule is CC(=O)Nc1ccc(S(=O)(=O)NCc2cc3cc(F)ccc3s2)cc1. The van der Waals surface area contributed by atoms with Crippen LogP contribution in [0.3, 0.4) is 0 Å². The number of sulfonamides is 1. The highest BCUT2D eigenvalue weighted by atomic mass is 32.2. The number of halogens is 1. The van der Waals surface area contributed by atoms with Crippen LogP contribution in [0, 0.1) is 5.82 Å². The van der Waals surface area contributed by atoms with E-state index in [1.165, 1.54) is 54.7 Å². The Morgan fingerprint density at radius 3 is 2.52 bits per heavy atom. The summed E-state index contributed by atoms with van der Waals surface area (Å²) < 4.78 is 41.4. The zero-order valence-corrected chi connectivity index (χ0v) is 14.9. The van der Waals surface area contributed by atoms with Crippen molar-refractivity contribution in [1.29, 1.82) is 0 Å². The van der Waals surface area contributed by atoms with E-state index in [2.05, 4.69) is 10.0 Å². The summed E-state index contributed by atoms with van der Waals surface area (Å²) in [6, 6.07) is 12.1. The zero-order chi connectivity index (χ0) is 18.0. The van der Waals surface area contributed by atoms with Gasteiger partial charge in [-0.15, -0.1) is 11.3 Å². The topological polar surface area (TPSA) is 75.3 Å². The molecule has 0 saturated carbocycles. The lowest BCUT2D eigenvalue weighted by Gasteiger charge is -2.07. The molecule has 3 rings (SSSR count). The van der Waals surface area contributed by atoms with E-state index in [0.717, 1.165) is 15.0 Å². The van der Waals surface area contributed by atoms with E-state index in [1.54, 1.807) is 12.1 Å². The Balaban J connectivity index is 1.73. The summed E-state index contributed by atoms with van der Waals surface area (Å²) in [6.45, 7) is 1.50. The normalized spacial score (nSPS) is 11.6. The van der Waals surface area contributed by atoms with Gasteiger partial charge in [0.15, 0.2) is 0 Å². The molecule has 0 atom stereocenters. The van der Waals surface area contributed by atoms with Gasteiger partial charge in [0.05, 0.1) is 4.90 Å². The number of rotatable bonds is 5. The Morgan fingerprint density at radius 1 is 1.12 bits per heavy atom. The number of nitrogens with one attached hydrogen (secondary N) is 2. The molecule has 1 heterocycles. The van der Waals surface area contributed by atoms with Crippen LogP contribution in [-0.4, -0.2) is 14.3 Å². The van der Waals surface area contributed by atoms with Gasteiger partial charge in [0.2, 0.25) is 15.9 Å². The minimum absolute atomic E-state index is 0.105. The van der Waals surface area contributed by atoms with Crippen LogP contribution >= 0.6 is 11.3 Å². The number of thiophene rings is 1. The van der Waals surface area contributed by atoms with Crippen LogP contribution in [0.25, 0.3) is 10.1 Å². The predicted molar refractivity (Wildman–Crippen MR) is 96.6 cm³/mol. The average Bonchev–Trinajstić information content (AvgIpc) is 2.95. The molecule has 0 fully saturated rings. The third kappa shape index (κ3) is 4.22. The van der Waals surface area contributed by atoms with Crippen LogP contribution in [0.5, 0.6) is 0 Å². The number of benzene rings is 2. The van der Waals surface area contributed by atoms with Crippen molar-refractivity contribution < 1.29 is 17.6 Å². The summed E-state index contributed by atoms with van der Waals surface area (Å²) in [6.07, 6.45) is 0. The fraction of sp³-hybridized carbons (Fsp3) is 0.118. The Kier molecular flexibility index (Phi) is 4.85. The third-order valence-electron chi connectivity index (χ3n) is 3.45. The molecule has 0 radical (unpaired) electrons. The lowest BCUT2D eigenvalue weighted by molar-refractivity contribution is -0.114. The highest BCUT2D eigenvalue weighted by Gasteiger charge is 2.14. The quantitative estimate of drug-likeness (QED) is 0.714. The van der Waals surface area contributed by atoms with E-state index in [9.17, 15) is 17.6 Å². The van der Waals surface area contributed by atoms with Crippen molar-refractivity contribution in [2.45, 2.75) is 18.4 Å². The van der Waals surface area contributed by atoms with Crippen molar-refractivity contribution >= 4 is 43.0 Å². The summed E-state index contributed by atoms with van der Waals surface area (Å²) in [5.41, 5.74) is 0.526. The van der Waals surface area contributed by atoms with Gasteiger partial charge in [0.1, 0.15) is 5.82 Å². The van der Waals surface area contributed by atoms with Gasteiger partial charge in [0.25, 0.3) is 0 Å². The second-order valence-electron chi connectivity index (χ2n) is 5.42. The predicted octanol–water partition coefficient (Wildman–Crippen LogP) is 3.48. The molecule has 25 heavy (non-hydrogen) atoms. The summed E-state index contributed by atoms with van der Waals surface area (Å²) in [7, 11) is -3.68. The number of anilines is 1. The van der Waals surface area contributed by atoms with Gasteiger partial charge < -0.3 is 5.32 Å². The number of hydrogen-bond acceptors (Lipinski definition) is 4. The first kappa shape index (κ1) is 17.5. The van der Waals surface area contributed by atoms with Crippen molar-refractivity contribution in [1.82, 2.24) is 4.72 Å². The molecule has 1 aromatic heterocycles. The van der Waals surface area contributed by atoms with E-state index in [-0.39, 0.29) is 23.2 Å². The van der Waals surface area contributed by atoms with Gasteiger partial charge in [0, 0.05) is 28.7 Å². The fourth-order valence-corrected chi connectivity index (χ4v) is 4.41. The van der Waals surface area contributed by atoms with E-state index in [0.29, 0.717) is 5.69 Å². The third-order valence-corrected chi connectivity index (χ3v) is 5.98. The van der Waals surface area contributed by atoms with Crippen LogP contribution in [-0.2, 0) is 21.4 Å². The monoisotopic (exact) mass is 378 g/mol. The van der Waals surface area contributed by atoms with Crippen molar-refractivity contribution in [3.8, 4) is 0 Å². The van der Waals surface area contributed by atoms with Gasteiger partial charge in [-0.25, -0.2) is 17.5 Å². The number of carbonyl (C=O) groups excluding carboxylic acids is 1. The van der Waals surface area contributed by atoms with Gasteiger partial charge in [-0.1, -0.05) is 0 Å². The number of fused-ring (bicyclic) bond motifs is 1. The maximum atomic E-state index is 13.2. The first-order valence-electron chi connectivity index (χ1n) is 7.39. The van der Waals surface area contributed by atoms with Gasteiger partial charge >= 0.3 is 0 Å². The molecule has 0 aliphatic carbocycles. The van der Waals surface area contributed by atoms with Crippen LogP contribution in [0.2, 0.25) is 0 Å². The standard InChI is InChI=1S/C17H15FN2O3S2/c1-11(21)20-14-3-5-16(6-4-14)25(22,23)19-10-15-9-12-8-13(18)2-7-17(12)24-15/h2-9,19H,10H2,1H3,(H,20,21). The molecule has 0 spiro atoms. The van der Waals surface area contributed by atoms with Crippen molar-refractivity contribution in [2.24, 2.45) is 0 Å². The van der Waals surface area contributed by atoms with E-state index < -0.39 is 10.0 Å². The maximum Gasteiger partial charge on any atom is 0.240 e. The molecule has 0 saturated heterocycles. The largest absolute Gasteiger partial charge is 0.326 e. The zero-order valence-electron chi connectivity index (χ0n) is 13.2. The Bertz CT molecular complexity index is 1030. The smallest absolute Gasteiger partial charge is 0.240 e. The Labute approximate surface area is 148 Å². The van der Waals surface area contributed by atoms with Crippen molar-refractivity contribution in [2.75, 3.05) is 5.32 Å². The van der Waals surface area contributed by atoms with E-state index in [1.807, 2.05) is 0 Å². The summed E-state index contributed by atoms with van der Waals surface area (Å²) in [5, 5.41) is 3.33. The number of carbonyl (C=O) groups is 1. The van der Waals surface area contributed by atoms with Crippen molar-refractivity contribution in [3.05, 3.63) is 59.2 Å². The summed E-state index contributed by atoms with van der Waals surface area (Å²) >= 11 is 1.41. The molecule has 0 bridgehead atoms. The Hall–Kier alpha value is -2.29. The molecular weight excluding hydrogens is 363 g/mol. The number of amides is 1. The molecule has 0 aliphatic rings. The van der Waals surface area contributed by atoms with Gasteiger partial charge in [-0.05, 0) is 53.9 Å². The highest BCUT2D eigenvalue weighted by molar-refractivity contribution is 7.89. The molecule has 2 N–H and O–H groups in total. The average molecular weight is 378 g/mol. The lowest BCUT2D eigenvalue weighted by Crippen LogP contribution is -2.22. The van der Waals surface area contributed by atoms with Crippen LogP contribution in [0.4, 0.5) is 10.1 Å². The molecule has 1 amide bonds. The highest BCUT2D eigenvalue weighted by Crippen LogP contribution is 2.26. The molecule has 130 valence electrons. The summed E-state index contributed by atoms with van der Waals surface area (Å²) in [5.74, 6) is -0.549. The minimum atomic E-state index is -3.68. The molecule has 0 aliphatic heterocycles. The second-order valence-corrected chi connectivity index (χ2v) is 8.36. The number of hydrogen-bond donors (Lipinski definition) is 2. The van der Waals surface area contributed by atoms with E-state index in [4.69, 9.17) is 0 Å². The maximum absolute atomic E-state index is 13.2. The molecule has 8 heteroatoms. The molecule has 2 aromatic carbocycles.